The van der Waals surface area contributed by atoms with Gasteiger partial charge in [0, 0.05) is 24.7 Å². The number of hydrogen-bond acceptors (Lipinski definition) is 5. The lowest BCUT2D eigenvalue weighted by Gasteiger charge is -2.20. The topological polar surface area (TPSA) is 69.7 Å². The van der Waals surface area contributed by atoms with Crippen molar-refractivity contribution < 1.29 is 23.9 Å². The maximum atomic E-state index is 12.9. The first-order valence-electron chi connectivity index (χ1n) is 11.8. The standard InChI is InChI=1S/C28H30O5/c1-2-3-5-10-22(29)15-16-23-24-17-27(30)32-26(24)18-25(23)33-28(31)21-13-11-20(12-14-21)19-8-6-4-7-9-19/h4,6-9,11-16,23-26H,2-3,5,10,17-18H2,1H3/t23-,24-,25-,26+/m1/s1. The predicted octanol–water partition coefficient (Wildman–Crippen LogP) is 5.54. The zero-order chi connectivity index (χ0) is 23.2. The first-order chi connectivity index (χ1) is 16.0. The van der Waals surface area contributed by atoms with E-state index in [4.69, 9.17) is 9.47 Å². The van der Waals surface area contributed by atoms with Gasteiger partial charge in [-0.1, -0.05) is 68.3 Å². The molecule has 0 N–H and O–H groups in total. The zero-order valence-electron chi connectivity index (χ0n) is 18.9. The average molecular weight is 447 g/mol. The highest BCUT2D eigenvalue weighted by Gasteiger charge is 2.50. The normalized spacial score (nSPS) is 24.0. The minimum Gasteiger partial charge on any atom is -0.462 e. The van der Waals surface area contributed by atoms with Crippen LogP contribution in [-0.2, 0) is 19.1 Å². The van der Waals surface area contributed by atoms with Gasteiger partial charge < -0.3 is 9.47 Å². The molecular formula is C28H30O5. The smallest absolute Gasteiger partial charge is 0.338 e. The number of ether oxygens (including phenoxy) is 2. The second-order valence-corrected chi connectivity index (χ2v) is 8.88. The molecule has 0 spiro atoms. The number of ketones is 1. The molecule has 1 saturated carbocycles. The van der Waals surface area contributed by atoms with Crippen molar-refractivity contribution in [2.24, 2.45) is 11.8 Å². The van der Waals surface area contributed by atoms with E-state index in [1.807, 2.05) is 48.5 Å². The highest BCUT2D eigenvalue weighted by molar-refractivity contribution is 5.91. The highest BCUT2D eigenvalue weighted by atomic mass is 16.6. The molecule has 5 nitrogen and oxygen atoms in total. The molecule has 0 bridgehead atoms. The Morgan fingerprint density at radius 1 is 1.03 bits per heavy atom. The molecule has 172 valence electrons. The van der Waals surface area contributed by atoms with Crippen molar-refractivity contribution >= 4 is 17.7 Å². The average Bonchev–Trinajstić information content (AvgIpc) is 3.33. The molecule has 0 radical (unpaired) electrons. The van der Waals surface area contributed by atoms with Crippen molar-refractivity contribution in [1.82, 2.24) is 0 Å². The van der Waals surface area contributed by atoms with Crippen LogP contribution in [0.3, 0.4) is 0 Å². The number of carbonyl (C=O) groups is 3. The van der Waals surface area contributed by atoms with Crippen LogP contribution in [0.1, 0.15) is 55.8 Å². The van der Waals surface area contributed by atoms with Gasteiger partial charge in [-0.05, 0) is 35.8 Å². The van der Waals surface area contributed by atoms with Crippen molar-refractivity contribution in [3.63, 3.8) is 0 Å². The summed E-state index contributed by atoms with van der Waals surface area (Å²) >= 11 is 0. The fourth-order valence-corrected chi connectivity index (χ4v) is 4.78. The van der Waals surface area contributed by atoms with Gasteiger partial charge in [-0.2, -0.15) is 0 Å². The summed E-state index contributed by atoms with van der Waals surface area (Å²) in [6.45, 7) is 2.10. The van der Waals surface area contributed by atoms with Crippen molar-refractivity contribution in [1.29, 1.82) is 0 Å². The molecule has 2 aromatic rings. The summed E-state index contributed by atoms with van der Waals surface area (Å²) in [6, 6.07) is 17.3. The Bertz CT molecular complexity index is 1010. The van der Waals surface area contributed by atoms with E-state index >= 15 is 0 Å². The van der Waals surface area contributed by atoms with Gasteiger partial charge in [-0.15, -0.1) is 0 Å². The largest absolute Gasteiger partial charge is 0.462 e. The van der Waals surface area contributed by atoms with Gasteiger partial charge in [0.1, 0.15) is 12.2 Å². The molecular weight excluding hydrogens is 416 g/mol. The van der Waals surface area contributed by atoms with Crippen molar-refractivity contribution in [2.45, 2.75) is 57.7 Å². The molecule has 1 heterocycles. The van der Waals surface area contributed by atoms with Crippen molar-refractivity contribution in [3.8, 4) is 11.1 Å². The molecule has 0 aromatic heterocycles. The number of carbonyl (C=O) groups excluding carboxylic acids is 3. The fraction of sp³-hybridized carbons (Fsp3) is 0.393. The predicted molar refractivity (Wildman–Crippen MR) is 125 cm³/mol. The minimum absolute atomic E-state index is 0.0598. The molecule has 2 aliphatic rings. The Kier molecular flexibility index (Phi) is 7.38. The Morgan fingerprint density at radius 3 is 2.48 bits per heavy atom. The van der Waals surface area contributed by atoms with E-state index in [1.165, 1.54) is 0 Å². The molecule has 33 heavy (non-hydrogen) atoms. The van der Waals surface area contributed by atoms with Gasteiger partial charge in [-0.25, -0.2) is 4.79 Å². The Morgan fingerprint density at radius 2 is 1.76 bits per heavy atom. The van der Waals surface area contributed by atoms with E-state index < -0.39 is 12.1 Å². The lowest BCUT2D eigenvalue weighted by atomic mass is 9.91. The molecule has 4 atom stereocenters. The van der Waals surface area contributed by atoms with Gasteiger partial charge in [0.15, 0.2) is 5.78 Å². The highest BCUT2D eigenvalue weighted by Crippen LogP contribution is 2.43. The van der Waals surface area contributed by atoms with Crippen LogP contribution in [0.5, 0.6) is 0 Å². The molecule has 2 fully saturated rings. The Labute approximate surface area is 194 Å². The number of hydrogen-bond donors (Lipinski definition) is 0. The molecule has 5 heteroatoms. The van der Waals surface area contributed by atoms with Crippen molar-refractivity contribution in [2.75, 3.05) is 0 Å². The van der Waals surface area contributed by atoms with Gasteiger partial charge >= 0.3 is 11.9 Å². The summed E-state index contributed by atoms with van der Waals surface area (Å²) in [4.78, 5) is 36.9. The monoisotopic (exact) mass is 446 g/mol. The minimum atomic E-state index is -0.422. The summed E-state index contributed by atoms with van der Waals surface area (Å²) in [5.41, 5.74) is 2.58. The second-order valence-electron chi connectivity index (χ2n) is 8.88. The summed E-state index contributed by atoms with van der Waals surface area (Å²) < 4.78 is 11.3. The van der Waals surface area contributed by atoms with Crippen LogP contribution in [0.15, 0.2) is 66.7 Å². The number of esters is 2. The number of benzene rings is 2. The Balaban J connectivity index is 1.43. The molecule has 0 amide bonds. The van der Waals surface area contributed by atoms with Crippen molar-refractivity contribution in [3.05, 3.63) is 72.3 Å². The number of allylic oxidation sites excluding steroid dienone is 1. The van der Waals surface area contributed by atoms with E-state index in [0.29, 0.717) is 24.8 Å². The van der Waals surface area contributed by atoms with Gasteiger partial charge in [0.2, 0.25) is 0 Å². The van der Waals surface area contributed by atoms with Crippen LogP contribution < -0.4 is 0 Å². The maximum Gasteiger partial charge on any atom is 0.338 e. The van der Waals surface area contributed by atoms with Crippen LogP contribution >= 0.6 is 0 Å². The van der Waals surface area contributed by atoms with Gasteiger partial charge in [0.25, 0.3) is 0 Å². The fourth-order valence-electron chi connectivity index (χ4n) is 4.78. The van der Waals surface area contributed by atoms with E-state index in [1.54, 1.807) is 18.2 Å². The SMILES string of the molecule is CCCCCC(=O)C=C[C@@H]1[C@H]2CC(=O)O[C@H]2C[C@H]1OC(=O)c1ccc(-c2ccccc2)cc1. The third kappa shape index (κ3) is 5.59. The van der Waals surface area contributed by atoms with E-state index in [9.17, 15) is 14.4 Å². The first kappa shape index (κ1) is 23.0. The summed E-state index contributed by atoms with van der Waals surface area (Å²) in [7, 11) is 0. The first-order valence-corrected chi connectivity index (χ1v) is 11.8. The molecule has 1 aliphatic carbocycles. The lowest BCUT2D eigenvalue weighted by molar-refractivity contribution is -0.141. The second kappa shape index (κ2) is 10.6. The van der Waals surface area contributed by atoms with E-state index in [2.05, 4.69) is 6.92 Å². The maximum absolute atomic E-state index is 12.9. The number of rotatable bonds is 9. The van der Waals surface area contributed by atoms with E-state index in [0.717, 1.165) is 30.4 Å². The van der Waals surface area contributed by atoms with Gasteiger partial charge in [-0.3, -0.25) is 9.59 Å². The summed E-state index contributed by atoms with van der Waals surface area (Å²) in [5.74, 6) is -0.823. The molecule has 1 saturated heterocycles. The molecule has 4 rings (SSSR count). The van der Waals surface area contributed by atoms with Crippen LogP contribution in [0.25, 0.3) is 11.1 Å². The summed E-state index contributed by atoms with van der Waals surface area (Å²) in [6.07, 6.45) is 6.97. The lowest BCUT2D eigenvalue weighted by Crippen LogP contribution is -2.25. The van der Waals surface area contributed by atoms with Crippen LogP contribution in [-0.4, -0.2) is 29.9 Å². The Hall–Kier alpha value is -3.21. The molecule has 2 aromatic carbocycles. The number of unbranched alkanes of at least 4 members (excludes halogenated alkanes) is 2. The van der Waals surface area contributed by atoms with Crippen LogP contribution in [0.2, 0.25) is 0 Å². The third-order valence-corrected chi connectivity index (χ3v) is 6.57. The molecule has 1 aliphatic heterocycles. The number of fused-ring (bicyclic) bond motifs is 1. The zero-order valence-corrected chi connectivity index (χ0v) is 18.9. The van der Waals surface area contributed by atoms with E-state index in [-0.39, 0.29) is 29.7 Å². The van der Waals surface area contributed by atoms with Gasteiger partial charge in [0.05, 0.1) is 12.0 Å². The summed E-state index contributed by atoms with van der Waals surface area (Å²) in [5, 5.41) is 0. The van der Waals surface area contributed by atoms with Crippen LogP contribution in [0.4, 0.5) is 0 Å². The third-order valence-electron chi connectivity index (χ3n) is 6.57. The quantitative estimate of drug-likeness (QED) is 0.287. The van der Waals surface area contributed by atoms with Crippen LogP contribution in [0, 0.1) is 11.8 Å². The molecule has 0 unspecified atom stereocenters.